The summed E-state index contributed by atoms with van der Waals surface area (Å²) in [6.07, 6.45) is 1.87. The zero-order valence-electron chi connectivity index (χ0n) is 16.8. The van der Waals surface area contributed by atoms with E-state index in [0.717, 1.165) is 11.8 Å². The lowest BCUT2D eigenvalue weighted by Crippen LogP contribution is -2.26. The van der Waals surface area contributed by atoms with E-state index in [9.17, 15) is 13.2 Å². The van der Waals surface area contributed by atoms with Crippen LogP contribution in [0.25, 0.3) is 0 Å². The average molecular weight is 416 g/mol. The highest BCUT2D eigenvalue weighted by atomic mass is 32.2. The van der Waals surface area contributed by atoms with Crippen LogP contribution >= 0.6 is 0 Å². The summed E-state index contributed by atoms with van der Waals surface area (Å²) in [6.45, 7) is 4.22. The molecule has 0 aromatic heterocycles. The lowest BCUT2D eigenvalue weighted by atomic mass is 9.97. The van der Waals surface area contributed by atoms with E-state index in [4.69, 9.17) is 4.74 Å². The molecule has 2 aromatic rings. The molecule has 154 valence electrons. The smallest absolute Gasteiger partial charge is 0.242 e. The third kappa shape index (κ3) is 4.76. The Kier molecular flexibility index (Phi) is 6.22. The lowest BCUT2D eigenvalue weighted by molar-refractivity contribution is -0.132. The fourth-order valence-corrected chi connectivity index (χ4v) is 3.95. The molecule has 0 unspecified atom stereocenters. The summed E-state index contributed by atoms with van der Waals surface area (Å²) in [5.74, 6) is 0.609. The molecule has 1 N–H and O–H groups in total. The number of hydrogen-bond acceptors (Lipinski definition) is 5. The molecular weight excluding hydrogens is 390 g/mol. The minimum absolute atomic E-state index is 0.107. The van der Waals surface area contributed by atoms with E-state index in [2.05, 4.69) is 9.82 Å². The van der Waals surface area contributed by atoms with E-state index in [0.29, 0.717) is 42.2 Å². The minimum Gasteiger partial charge on any atom is -0.494 e. The number of hydrogen-bond donors (Lipinski definition) is 1. The fourth-order valence-electron chi connectivity index (χ4n) is 3.37. The van der Waals surface area contributed by atoms with Gasteiger partial charge in [0.25, 0.3) is 0 Å². The molecule has 7 nitrogen and oxygen atoms in total. The second-order valence-corrected chi connectivity index (χ2v) is 8.50. The van der Waals surface area contributed by atoms with Gasteiger partial charge in [-0.15, -0.1) is 0 Å². The maximum atomic E-state index is 12.6. The standard InChI is InChI=1S/C21H25N3O4S/c1-4-21(25)24-19(16-11-7-9-13-20(16)28-5-2)14-18(22-24)15-10-6-8-12-17(15)23-29(3,26)27/h6-13,19,23H,4-5,14H2,1-3H3/t19-/m0/s1. The van der Waals surface area contributed by atoms with Crippen LogP contribution in [0.15, 0.2) is 53.6 Å². The Morgan fingerprint density at radius 1 is 1.17 bits per heavy atom. The predicted octanol–water partition coefficient (Wildman–Crippen LogP) is 3.54. The molecule has 8 heteroatoms. The van der Waals surface area contributed by atoms with Gasteiger partial charge in [-0.1, -0.05) is 43.3 Å². The number of benzene rings is 2. The van der Waals surface area contributed by atoms with Crippen molar-refractivity contribution in [2.75, 3.05) is 17.6 Å². The first-order chi connectivity index (χ1) is 13.8. The first-order valence-electron chi connectivity index (χ1n) is 9.52. The second kappa shape index (κ2) is 8.65. The van der Waals surface area contributed by atoms with Crippen LogP contribution in [0.1, 0.15) is 43.9 Å². The van der Waals surface area contributed by atoms with E-state index in [1.165, 1.54) is 5.01 Å². The van der Waals surface area contributed by atoms with Gasteiger partial charge in [-0.2, -0.15) is 5.10 Å². The van der Waals surface area contributed by atoms with Crippen LogP contribution in [0, 0.1) is 0 Å². The number of sulfonamides is 1. The van der Waals surface area contributed by atoms with Crippen molar-refractivity contribution in [2.45, 2.75) is 32.7 Å². The van der Waals surface area contributed by atoms with Crippen molar-refractivity contribution >= 4 is 27.3 Å². The summed E-state index contributed by atoms with van der Waals surface area (Å²) in [4.78, 5) is 12.6. The molecule has 0 aliphatic carbocycles. The van der Waals surface area contributed by atoms with Gasteiger partial charge in [0, 0.05) is 24.0 Å². The summed E-state index contributed by atoms with van der Waals surface area (Å²) in [5, 5.41) is 6.08. The summed E-state index contributed by atoms with van der Waals surface area (Å²) in [6, 6.07) is 14.4. The minimum atomic E-state index is -3.45. The van der Waals surface area contributed by atoms with Crippen molar-refractivity contribution in [3.05, 3.63) is 59.7 Å². The number of amides is 1. The largest absolute Gasteiger partial charge is 0.494 e. The summed E-state index contributed by atoms with van der Waals surface area (Å²) >= 11 is 0. The van der Waals surface area contributed by atoms with Gasteiger partial charge in [-0.25, -0.2) is 13.4 Å². The van der Waals surface area contributed by atoms with E-state index in [1.54, 1.807) is 25.1 Å². The van der Waals surface area contributed by atoms with E-state index in [1.807, 2.05) is 37.3 Å². The molecule has 0 saturated heterocycles. The second-order valence-electron chi connectivity index (χ2n) is 6.75. The first kappa shape index (κ1) is 20.9. The Morgan fingerprint density at radius 2 is 1.86 bits per heavy atom. The van der Waals surface area contributed by atoms with Crippen LogP contribution in [0.4, 0.5) is 5.69 Å². The molecule has 1 aliphatic rings. The Hall–Kier alpha value is -2.87. The number of nitrogens with one attached hydrogen (secondary N) is 1. The molecule has 1 amide bonds. The summed E-state index contributed by atoms with van der Waals surface area (Å²) < 4.78 is 31.8. The quantitative estimate of drug-likeness (QED) is 0.749. The van der Waals surface area contributed by atoms with Crippen molar-refractivity contribution in [2.24, 2.45) is 5.10 Å². The van der Waals surface area contributed by atoms with E-state index >= 15 is 0 Å². The Bertz CT molecular complexity index is 1030. The lowest BCUT2D eigenvalue weighted by Gasteiger charge is -2.23. The predicted molar refractivity (Wildman–Crippen MR) is 114 cm³/mol. The molecular formula is C21H25N3O4S. The topological polar surface area (TPSA) is 88.1 Å². The molecule has 0 fully saturated rings. The molecule has 1 aliphatic heterocycles. The third-order valence-electron chi connectivity index (χ3n) is 4.58. The van der Waals surface area contributed by atoms with Gasteiger partial charge in [-0.05, 0) is 19.1 Å². The fraction of sp³-hybridized carbons (Fsp3) is 0.333. The highest BCUT2D eigenvalue weighted by molar-refractivity contribution is 7.92. The van der Waals surface area contributed by atoms with Crippen LogP contribution in [-0.4, -0.2) is 37.9 Å². The monoisotopic (exact) mass is 415 g/mol. The zero-order valence-corrected chi connectivity index (χ0v) is 17.6. The Labute approximate surface area is 171 Å². The molecule has 0 saturated carbocycles. The maximum Gasteiger partial charge on any atom is 0.242 e. The van der Waals surface area contributed by atoms with Crippen molar-refractivity contribution in [1.29, 1.82) is 0 Å². The highest BCUT2D eigenvalue weighted by Gasteiger charge is 2.34. The maximum absolute atomic E-state index is 12.6. The Morgan fingerprint density at radius 3 is 2.55 bits per heavy atom. The third-order valence-corrected chi connectivity index (χ3v) is 5.17. The number of ether oxygens (including phenoxy) is 1. The van der Waals surface area contributed by atoms with Crippen LogP contribution in [0.3, 0.4) is 0 Å². The van der Waals surface area contributed by atoms with Gasteiger partial charge in [-0.3, -0.25) is 9.52 Å². The van der Waals surface area contributed by atoms with Crippen LogP contribution < -0.4 is 9.46 Å². The van der Waals surface area contributed by atoms with Crippen molar-refractivity contribution in [3.8, 4) is 5.75 Å². The average Bonchev–Trinajstić information content (AvgIpc) is 3.12. The number of hydrazone groups is 1. The van der Waals surface area contributed by atoms with Gasteiger partial charge >= 0.3 is 0 Å². The van der Waals surface area contributed by atoms with Crippen molar-refractivity contribution < 1.29 is 17.9 Å². The zero-order chi connectivity index (χ0) is 21.0. The molecule has 1 heterocycles. The number of rotatable bonds is 7. The molecule has 1 atom stereocenters. The summed E-state index contributed by atoms with van der Waals surface area (Å²) in [7, 11) is -3.45. The van der Waals surface area contributed by atoms with Crippen LogP contribution in [-0.2, 0) is 14.8 Å². The van der Waals surface area contributed by atoms with E-state index < -0.39 is 10.0 Å². The van der Waals surface area contributed by atoms with Crippen LogP contribution in [0.5, 0.6) is 5.75 Å². The number of anilines is 1. The molecule has 0 spiro atoms. The molecule has 0 radical (unpaired) electrons. The van der Waals surface area contributed by atoms with E-state index in [-0.39, 0.29) is 11.9 Å². The van der Waals surface area contributed by atoms with Gasteiger partial charge in [0.15, 0.2) is 0 Å². The van der Waals surface area contributed by atoms with Crippen LogP contribution in [0.2, 0.25) is 0 Å². The number of para-hydroxylation sites is 2. The molecule has 2 aromatic carbocycles. The first-order valence-corrected chi connectivity index (χ1v) is 11.4. The highest BCUT2D eigenvalue weighted by Crippen LogP contribution is 2.38. The SMILES string of the molecule is CCOc1ccccc1[C@@H]1CC(c2ccccc2NS(C)(=O)=O)=NN1C(=O)CC. The van der Waals surface area contributed by atoms with Gasteiger partial charge in [0.05, 0.1) is 30.3 Å². The Balaban J connectivity index is 2.03. The number of nitrogens with zero attached hydrogens (tertiary/aromatic N) is 2. The van der Waals surface area contributed by atoms with Gasteiger partial charge in [0.2, 0.25) is 15.9 Å². The number of carbonyl (C=O) groups is 1. The van der Waals surface area contributed by atoms with Gasteiger partial charge < -0.3 is 4.74 Å². The number of carbonyl (C=O) groups excluding carboxylic acids is 1. The molecule has 0 bridgehead atoms. The van der Waals surface area contributed by atoms with Crippen molar-refractivity contribution in [3.63, 3.8) is 0 Å². The van der Waals surface area contributed by atoms with Gasteiger partial charge in [0.1, 0.15) is 5.75 Å². The molecule has 29 heavy (non-hydrogen) atoms. The summed E-state index contributed by atoms with van der Waals surface area (Å²) in [5.41, 5.74) is 2.62. The normalized spacial score (nSPS) is 16.4. The van der Waals surface area contributed by atoms with Crippen molar-refractivity contribution in [1.82, 2.24) is 5.01 Å². The molecule has 3 rings (SSSR count).